The van der Waals surface area contributed by atoms with Gasteiger partial charge in [0, 0.05) is 23.0 Å². The van der Waals surface area contributed by atoms with Crippen LogP contribution in [-0.4, -0.2) is 0 Å². The van der Waals surface area contributed by atoms with Gasteiger partial charge in [0.05, 0.1) is 5.41 Å². The first kappa shape index (κ1) is 31.1. The van der Waals surface area contributed by atoms with Crippen molar-refractivity contribution in [1.82, 2.24) is 0 Å². The van der Waals surface area contributed by atoms with Crippen molar-refractivity contribution >= 4 is 17.1 Å². The van der Waals surface area contributed by atoms with Gasteiger partial charge in [-0.15, -0.1) is 0 Å². The van der Waals surface area contributed by atoms with Gasteiger partial charge >= 0.3 is 0 Å². The number of fused-ring (bicyclic) bond motifs is 7. The van der Waals surface area contributed by atoms with Gasteiger partial charge in [-0.2, -0.15) is 0 Å². The van der Waals surface area contributed by atoms with Crippen molar-refractivity contribution in [3.8, 4) is 33.4 Å². The van der Waals surface area contributed by atoms with Crippen molar-refractivity contribution in [2.24, 2.45) is 5.41 Å². The molecular formula is C50H41N. The third-order valence-electron chi connectivity index (χ3n) is 11.0. The second kappa shape index (κ2) is 12.1. The lowest BCUT2D eigenvalue weighted by Gasteiger charge is -2.41. The van der Waals surface area contributed by atoms with Crippen molar-refractivity contribution in [3.63, 3.8) is 0 Å². The highest BCUT2D eigenvalue weighted by Gasteiger charge is 2.47. The van der Waals surface area contributed by atoms with Gasteiger partial charge in [-0.1, -0.05) is 172 Å². The average Bonchev–Trinajstić information content (AvgIpc) is 3.45. The molecule has 0 amide bonds. The Hall–Kier alpha value is -5.92. The van der Waals surface area contributed by atoms with Crippen LogP contribution in [0.1, 0.15) is 48.9 Å². The molecule has 2 atom stereocenters. The fraction of sp³-hybridized carbons (Fsp3) is 0.120. The minimum atomic E-state index is -0.375. The molecule has 2 aliphatic rings. The molecule has 7 aromatic rings. The summed E-state index contributed by atoms with van der Waals surface area (Å²) in [6, 6.07) is 64.6. The average molecular weight is 656 g/mol. The Kier molecular flexibility index (Phi) is 7.40. The lowest BCUT2D eigenvalue weighted by Crippen LogP contribution is -2.32. The Bertz CT molecular complexity index is 2300. The van der Waals surface area contributed by atoms with Crippen LogP contribution >= 0.6 is 0 Å². The highest BCUT2D eigenvalue weighted by atomic mass is 15.1. The molecule has 0 saturated carbocycles. The molecule has 0 aromatic heterocycles. The molecule has 1 spiro atoms. The molecule has 0 saturated heterocycles. The van der Waals surface area contributed by atoms with Crippen molar-refractivity contribution in [3.05, 3.63) is 210 Å². The van der Waals surface area contributed by atoms with Crippen LogP contribution in [0.15, 0.2) is 188 Å². The summed E-state index contributed by atoms with van der Waals surface area (Å²) in [5.74, 6) is 0.335. The summed E-state index contributed by atoms with van der Waals surface area (Å²) in [5.41, 5.74) is 16.1. The number of hydrogen-bond donors (Lipinski definition) is 0. The zero-order valence-corrected chi connectivity index (χ0v) is 29.4. The van der Waals surface area contributed by atoms with E-state index in [1.807, 2.05) is 0 Å². The van der Waals surface area contributed by atoms with Gasteiger partial charge in [0.25, 0.3) is 0 Å². The Morgan fingerprint density at radius 3 is 1.49 bits per heavy atom. The number of hydrogen-bond acceptors (Lipinski definition) is 1. The summed E-state index contributed by atoms with van der Waals surface area (Å²) < 4.78 is 0. The fourth-order valence-corrected chi connectivity index (χ4v) is 8.54. The zero-order chi connectivity index (χ0) is 34.6. The van der Waals surface area contributed by atoms with E-state index in [-0.39, 0.29) is 10.8 Å². The summed E-state index contributed by atoms with van der Waals surface area (Å²) in [4.78, 5) is 2.41. The van der Waals surface area contributed by atoms with E-state index in [0.717, 1.165) is 17.1 Å². The maximum atomic E-state index is 2.52. The SMILES string of the molecule is CC(C)(C)C1C=CC2(c3ccccc3-c3ccc(N(c4ccc(-c5ccccc5)cc4)c4ccc(-c5ccccc5)cc4)cc32)c2ccccc21. The summed E-state index contributed by atoms with van der Waals surface area (Å²) in [5, 5.41) is 0. The highest BCUT2D eigenvalue weighted by Crippen LogP contribution is 2.59. The van der Waals surface area contributed by atoms with Crippen molar-refractivity contribution in [2.45, 2.75) is 32.1 Å². The van der Waals surface area contributed by atoms with Crippen LogP contribution in [0.25, 0.3) is 33.4 Å². The van der Waals surface area contributed by atoms with E-state index in [0.29, 0.717) is 5.92 Å². The largest absolute Gasteiger partial charge is 0.310 e. The molecule has 0 bridgehead atoms. The van der Waals surface area contributed by atoms with Gasteiger partial charge in [-0.3, -0.25) is 0 Å². The molecule has 51 heavy (non-hydrogen) atoms. The third kappa shape index (κ3) is 5.15. The lowest BCUT2D eigenvalue weighted by molar-refractivity contribution is 0.359. The predicted octanol–water partition coefficient (Wildman–Crippen LogP) is 13.5. The van der Waals surface area contributed by atoms with Crippen molar-refractivity contribution in [1.29, 1.82) is 0 Å². The quantitative estimate of drug-likeness (QED) is 0.167. The summed E-state index contributed by atoms with van der Waals surface area (Å²) >= 11 is 0. The maximum absolute atomic E-state index is 2.52. The monoisotopic (exact) mass is 655 g/mol. The number of rotatable bonds is 5. The second-order valence-electron chi connectivity index (χ2n) is 15.0. The third-order valence-corrected chi connectivity index (χ3v) is 11.0. The number of allylic oxidation sites excluding steroid dienone is 2. The van der Waals surface area contributed by atoms with Crippen LogP contribution in [0, 0.1) is 5.41 Å². The standard InChI is InChI=1S/C50H41N/c1-49(2,3)45-32-33-50(47-21-13-11-19-44(45)47)46-20-12-10-18-42(46)43-31-30-41(34-48(43)50)51(39-26-22-37(23-27-39)35-14-6-4-7-15-35)40-28-24-38(25-29-40)36-16-8-5-9-17-36/h4-34,45H,1-3H3. The molecule has 7 aromatic carbocycles. The smallest absolute Gasteiger partial charge is 0.0648 e. The number of benzene rings is 7. The van der Waals surface area contributed by atoms with Crippen LogP contribution in [0.2, 0.25) is 0 Å². The summed E-state index contributed by atoms with van der Waals surface area (Å²) in [6.07, 6.45) is 5.01. The molecule has 0 radical (unpaired) electrons. The molecule has 0 fully saturated rings. The first-order valence-corrected chi connectivity index (χ1v) is 18.1. The van der Waals surface area contributed by atoms with Crippen LogP contribution in [0.4, 0.5) is 17.1 Å². The minimum Gasteiger partial charge on any atom is -0.310 e. The highest BCUT2D eigenvalue weighted by molar-refractivity contribution is 5.89. The Morgan fingerprint density at radius 2 is 0.902 bits per heavy atom. The van der Waals surface area contributed by atoms with E-state index in [2.05, 4.69) is 214 Å². The first-order valence-electron chi connectivity index (χ1n) is 18.1. The second-order valence-corrected chi connectivity index (χ2v) is 15.0. The summed E-state index contributed by atoms with van der Waals surface area (Å²) in [6.45, 7) is 7.07. The molecule has 2 aliphatic carbocycles. The number of anilines is 3. The molecule has 0 aliphatic heterocycles. The van der Waals surface area contributed by atoms with Crippen molar-refractivity contribution in [2.75, 3.05) is 4.90 Å². The zero-order valence-electron chi connectivity index (χ0n) is 29.4. The van der Waals surface area contributed by atoms with Crippen LogP contribution in [-0.2, 0) is 5.41 Å². The van der Waals surface area contributed by atoms with Gasteiger partial charge in [0.1, 0.15) is 0 Å². The van der Waals surface area contributed by atoms with Crippen LogP contribution in [0.5, 0.6) is 0 Å². The van der Waals surface area contributed by atoms with E-state index in [9.17, 15) is 0 Å². The molecule has 246 valence electrons. The van der Waals surface area contributed by atoms with Gasteiger partial charge in [-0.25, -0.2) is 0 Å². The Morgan fingerprint density at radius 1 is 0.431 bits per heavy atom. The lowest BCUT2D eigenvalue weighted by atomic mass is 9.62. The van der Waals surface area contributed by atoms with E-state index >= 15 is 0 Å². The molecule has 1 heteroatoms. The van der Waals surface area contributed by atoms with Crippen LogP contribution < -0.4 is 4.90 Å². The normalized spacial score (nSPS) is 17.1. The topological polar surface area (TPSA) is 3.24 Å². The van der Waals surface area contributed by atoms with Crippen molar-refractivity contribution < 1.29 is 0 Å². The molecule has 0 N–H and O–H groups in total. The fourth-order valence-electron chi connectivity index (χ4n) is 8.54. The summed E-state index contributed by atoms with van der Waals surface area (Å²) in [7, 11) is 0. The van der Waals surface area contributed by atoms with Gasteiger partial charge in [-0.05, 0) is 97.4 Å². The maximum Gasteiger partial charge on any atom is 0.0648 e. The molecular weight excluding hydrogens is 615 g/mol. The van der Waals surface area contributed by atoms with Gasteiger partial charge in [0.2, 0.25) is 0 Å². The molecule has 0 heterocycles. The van der Waals surface area contributed by atoms with Gasteiger partial charge in [0.15, 0.2) is 0 Å². The molecule has 2 unspecified atom stereocenters. The van der Waals surface area contributed by atoms with Gasteiger partial charge < -0.3 is 4.90 Å². The van der Waals surface area contributed by atoms with Crippen LogP contribution in [0.3, 0.4) is 0 Å². The minimum absolute atomic E-state index is 0.103. The molecule has 9 rings (SSSR count). The number of nitrogens with zero attached hydrogens (tertiary/aromatic N) is 1. The van der Waals surface area contributed by atoms with E-state index in [1.54, 1.807) is 0 Å². The van der Waals surface area contributed by atoms with E-state index in [1.165, 1.54) is 55.6 Å². The Balaban J connectivity index is 1.23. The van der Waals surface area contributed by atoms with E-state index < -0.39 is 0 Å². The molecule has 1 nitrogen and oxygen atoms in total. The Labute approximate surface area is 302 Å². The van der Waals surface area contributed by atoms with E-state index in [4.69, 9.17) is 0 Å². The predicted molar refractivity (Wildman–Crippen MR) is 215 cm³/mol. The first-order chi connectivity index (χ1) is 24.9.